The Morgan fingerprint density at radius 3 is 2.40 bits per heavy atom. The van der Waals surface area contributed by atoms with Gasteiger partial charge in [-0.05, 0) is 54.4 Å². The van der Waals surface area contributed by atoms with Crippen molar-refractivity contribution < 1.29 is 14.4 Å². The third kappa shape index (κ3) is 4.17. The van der Waals surface area contributed by atoms with Gasteiger partial charge in [-0.2, -0.15) is 0 Å². The van der Waals surface area contributed by atoms with Gasteiger partial charge >= 0.3 is 0 Å². The van der Waals surface area contributed by atoms with E-state index < -0.39 is 0 Å². The van der Waals surface area contributed by atoms with Gasteiger partial charge in [-0.1, -0.05) is 12.1 Å². The molecule has 2 amide bonds. The van der Waals surface area contributed by atoms with E-state index in [1.165, 1.54) is 11.8 Å². The second-order valence-corrected chi connectivity index (χ2v) is 6.72. The first-order chi connectivity index (χ1) is 11.7. The van der Waals surface area contributed by atoms with E-state index in [4.69, 9.17) is 0 Å². The van der Waals surface area contributed by atoms with E-state index in [0.717, 1.165) is 4.47 Å². The van der Waals surface area contributed by atoms with Crippen LogP contribution in [0, 0.1) is 13.8 Å². The molecule has 0 saturated heterocycles. The number of nitrogens with zero attached hydrogens (tertiary/aromatic N) is 1. The number of aromatic nitrogens is 1. The van der Waals surface area contributed by atoms with E-state index in [0.29, 0.717) is 28.2 Å². The summed E-state index contributed by atoms with van der Waals surface area (Å²) in [4.78, 5) is 40.8. The maximum absolute atomic E-state index is 12.6. The van der Waals surface area contributed by atoms with Gasteiger partial charge in [0.15, 0.2) is 5.78 Å². The third-order valence-corrected chi connectivity index (χ3v) is 4.57. The van der Waals surface area contributed by atoms with Crippen LogP contribution >= 0.6 is 15.9 Å². The van der Waals surface area contributed by atoms with Crippen LogP contribution in [0.5, 0.6) is 0 Å². The van der Waals surface area contributed by atoms with E-state index in [-0.39, 0.29) is 24.1 Å². The van der Waals surface area contributed by atoms with Gasteiger partial charge in [0.05, 0.1) is 12.2 Å². The first-order valence-corrected chi connectivity index (χ1v) is 8.51. The number of hydrogen-bond acceptors (Lipinski definition) is 3. The van der Waals surface area contributed by atoms with E-state index in [1.54, 1.807) is 27.0 Å². The third-order valence-electron chi connectivity index (χ3n) is 3.88. The Morgan fingerprint density at radius 2 is 1.84 bits per heavy atom. The van der Waals surface area contributed by atoms with Crippen LogP contribution in [0.15, 0.2) is 28.7 Å². The molecule has 0 aliphatic rings. The van der Waals surface area contributed by atoms with Crippen LogP contribution in [0.3, 0.4) is 0 Å². The van der Waals surface area contributed by atoms with Crippen LogP contribution in [-0.2, 0) is 4.79 Å². The molecule has 0 unspecified atom stereocenters. The molecule has 0 saturated carbocycles. The van der Waals surface area contributed by atoms with Crippen LogP contribution in [0.25, 0.3) is 0 Å². The number of carbonyl (C=O) groups excluding carboxylic acids is 3. The highest BCUT2D eigenvalue weighted by Gasteiger charge is 2.23. The van der Waals surface area contributed by atoms with Crippen molar-refractivity contribution in [1.82, 2.24) is 9.88 Å². The number of halogens is 1. The summed E-state index contributed by atoms with van der Waals surface area (Å²) in [7, 11) is 1.55. The Kier molecular flexibility index (Phi) is 5.79. The Morgan fingerprint density at radius 1 is 1.20 bits per heavy atom. The lowest BCUT2D eigenvalue weighted by atomic mass is 10.1. The fourth-order valence-corrected chi connectivity index (χ4v) is 3.11. The Balaban J connectivity index is 2.10. The lowest BCUT2D eigenvalue weighted by Gasteiger charge is -2.17. The van der Waals surface area contributed by atoms with Gasteiger partial charge in [0, 0.05) is 22.8 Å². The van der Waals surface area contributed by atoms with Gasteiger partial charge in [-0.15, -0.1) is 0 Å². The van der Waals surface area contributed by atoms with Crippen LogP contribution in [0.4, 0.5) is 5.69 Å². The molecule has 0 aliphatic heterocycles. The molecule has 2 aromatic rings. The smallest absolute Gasteiger partial charge is 0.270 e. The number of rotatable bonds is 5. The molecule has 1 aromatic carbocycles. The lowest BCUT2D eigenvalue weighted by molar-refractivity contribution is -0.116. The predicted molar refractivity (Wildman–Crippen MR) is 100 cm³/mol. The second-order valence-electron chi connectivity index (χ2n) is 5.87. The summed E-state index contributed by atoms with van der Waals surface area (Å²) in [5.41, 5.74) is 2.75. The highest BCUT2D eigenvalue weighted by atomic mass is 79.9. The largest absolute Gasteiger partial charge is 0.354 e. The van der Waals surface area contributed by atoms with Crippen molar-refractivity contribution in [3.8, 4) is 0 Å². The fraction of sp³-hybridized carbons (Fsp3) is 0.278. The zero-order valence-electron chi connectivity index (χ0n) is 14.6. The molecule has 25 heavy (non-hydrogen) atoms. The number of aromatic amines is 1. The summed E-state index contributed by atoms with van der Waals surface area (Å²) < 4.78 is 0.763. The minimum atomic E-state index is -0.338. The van der Waals surface area contributed by atoms with Crippen molar-refractivity contribution in [1.29, 1.82) is 0 Å². The number of aryl methyl sites for hydroxylation is 1. The van der Waals surface area contributed by atoms with Crippen molar-refractivity contribution >= 4 is 39.2 Å². The molecular weight excluding hydrogens is 386 g/mol. The number of para-hydroxylation sites is 1. The molecule has 0 spiro atoms. The number of anilines is 1. The van der Waals surface area contributed by atoms with Gasteiger partial charge in [0.2, 0.25) is 5.91 Å². The van der Waals surface area contributed by atoms with E-state index >= 15 is 0 Å². The molecule has 132 valence electrons. The molecule has 6 nitrogen and oxygen atoms in total. The van der Waals surface area contributed by atoms with Gasteiger partial charge in [0.25, 0.3) is 5.91 Å². The van der Waals surface area contributed by atoms with Gasteiger partial charge in [-0.25, -0.2) is 0 Å². The number of benzene rings is 1. The van der Waals surface area contributed by atoms with Crippen molar-refractivity contribution in [3.63, 3.8) is 0 Å². The molecule has 0 aliphatic carbocycles. The quantitative estimate of drug-likeness (QED) is 0.748. The van der Waals surface area contributed by atoms with Crippen LogP contribution in [0.2, 0.25) is 0 Å². The first kappa shape index (κ1) is 18.9. The number of H-pyrrole nitrogens is 1. The number of likely N-dealkylation sites (N-methyl/N-ethyl adjacent to an activating group) is 1. The number of carbonyl (C=O) groups is 3. The Bertz CT molecular complexity index is 842. The molecule has 0 radical (unpaired) electrons. The molecule has 2 rings (SSSR count). The summed E-state index contributed by atoms with van der Waals surface area (Å²) in [6, 6.07) is 7.24. The average Bonchev–Trinajstić information content (AvgIpc) is 2.83. The monoisotopic (exact) mass is 405 g/mol. The maximum atomic E-state index is 12.6. The number of hydrogen-bond donors (Lipinski definition) is 2. The minimum Gasteiger partial charge on any atom is -0.354 e. The van der Waals surface area contributed by atoms with E-state index in [9.17, 15) is 14.4 Å². The zero-order chi connectivity index (χ0) is 18.7. The standard InChI is InChI=1S/C18H20BrN3O3/c1-10-16(12(3)23)11(2)20-17(10)18(25)22(4)9-15(24)21-14-8-6-5-7-13(14)19/h5-8,20H,9H2,1-4H3,(H,21,24). The van der Waals surface area contributed by atoms with Gasteiger partial charge in [0.1, 0.15) is 5.69 Å². The number of amides is 2. The minimum absolute atomic E-state index is 0.0976. The van der Waals surface area contributed by atoms with E-state index in [1.807, 2.05) is 18.2 Å². The maximum Gasteiger partial charge on any atom is 0.270 e. The molecule has 1 heterocycles. The van der Waals surface area contributed by atoms with Crippen molar-refractivity contribution in [2.24, 2.45) is 0 Å². The number of Topliss-reactive ketones (excluding diaryl/α,β-unsaturated/α-hetero) is 1. The molecular formula is C18H20BrN3O3. The van der Waals surface area contributed by atoms with Crippen LogP contribution in [-0.4, -0.2) is 41.1 Å². The lowest BCUT2D eigenvalue weighted by Crippen LogP contribution is -2.35. The summed E-state index contributed by atoms with van der Waals surface area (Å²) in [5.74, 6) is -0.745. The fourth-order valence-electron chi connectivity index (χ4n) is 2.72. The van der Waals surface area contributed by atoms with Gasteiger partial charge in [-0.3, -0.25) is 14.4 Å². The molecule has 0 atom stereocenters. The molecule has 2 N–H and O–H groups in total. The highest BCUT2D eigenvalue weighted by molar-refractivity contribution is 9.10. The SMILES string of the molecule is CC(=O)c1c(C)[nH]c(C(=O)N(C)CC(=O)Nc2ccccc2Br)c1C. The molecule has 7 heteroatoms. The number of nitrogens with one attached hydrogen (secondary N) is 2. The number of ketones is 1. The summed E-state index contributed by atoms with van der Waals surface area (Å²) in [5, 5.41) is 2.75. The summed E-state index contributed by atoms with van der Waals surface area (Å²) in [6.45, 7) is 4.84. The van der Waals surface area contributed by atoms with Crippen molar-refractivity contribution in [2.75, 3.05) is 18.9 Å². The normalized spacial score (nSPS) is 10.4. The molecule has 0 bridgehead atoms. The summed E-state index contributed by atoms with van der Waals surface area (Å²) in [6.07, 6.45) is 0. The zero-order valence-corrected chi connectivity index (χ0v) is 16.2. The first-order valence-electron chi connectivity index (χ1n) is 7.72. The van der Waals surface area contributed by atoms with Crippen molar-refractivity contribution in [2.45, 2.75) is 20.8 Å². The Labute approximate surface area is 154 Å². The van der Waals surface area contributed by atoms with Crippen LogP contribution in [0.1, 0.15) is 39.0 Å². The van der Waals surface area contributed by atoms with E-state index in [2.05, 4.69) is 26.2 Å². The average molecular weight is 406 g/mol. The summed E-state index contributed by atoms with van der Waals surface area (Å²) >= 11 is 3.36. The highest BCUT2D eigenvalue weighted by Crippen LogP contribution is 2.22. The van der Waals surface area contributed by atoms with Gasteiger partial charge < -0.3 is 15.2 Å². The molecule has 1 aromatic heterocycles. The topological polar surface area (TPSA) is 82.3 Å². The predicted octanol–water partition coefficient (Wildman–Crippen LogP) is 3.31. The molecule has 0 fully saturated rings. The second kappa shape index (κ2) is 7.65. The van der Waals surface area contributed by atoms with Crippen molar-refractivity contribution in [3.05, 3.63) is 51.3 Å². The Hall–Kier alpha value is -2.41. The van der Waals surface area contributed by atoms with Crippen LogP contribution < -0.4 is 5.32 Å².